The van der Waals surface area contributed by atoms with Gasteiger partial charge in [0.15, 0.2) is 5.84 Å². The average Bonchev–Trinajstić information content (AvgIpc) is 3.10. The fourth-order valence-electron chi connectivity index (χ4n) is 2.85. The molecular formula is C21H18BrN3S. The van der Waals surface area contributed by atoms with E-state index in [9.17, 15) is 0 Å². The van der Waals surface area contributed by atoms with Crippen LogP contribution in [0.1, 0.15) is 41.3 Å². The fourth-order valence-corrected chi connectivity index (χ4v) is 3.84. The van der Waals surface area contributed by atoms with Gasteiger partial charge in [-0.2, -0.15) is 5.10 Å². The molecular weight excluding hydrogens is 406 g/mol. The van der Waals surface area contributed by atoms with E-state index < -0.39 is 0 Å². The number of benzene rings is 2. The summed E-state index contributed by atoms with van der Waals surface area (Å²) in [5, 5.41) is 6.80. The molecule has 0 amide bonds. The van der Waals surface area contributed by atoms with Gasteiger partial charge >= 0.3 is 0 Å². The molecule has 3 nitrogen and oxygen atoms in total. The number of thiophene rings is 1. The lowest BCUT2D eigenvalue weighted by molar-refractivity contribution is 0.866. The Morgan fingerprint density at radius 1 is 1.04 bits per heavy atom. The number of fused-ring (bicyclic) bond motifs is 1. The van der Waals surface area contributed by atoms with E-state index in [4.69, 9.17) is 10.1 Å². The van der Waals surface area contributed by atoms with Crippen LogP contribution in [0.15, 0.2) is 74.5 Å². The first kappa shape index (κ1) is 17.2. The summed E-state index contributed by atoms with van der Waals surface area (Å²) >= 11 is 5.17. The van der Waals surface area contributed by atoms with Gasteiger partial charge < -0.3 is 0 Å². The van der Waals surface area contributed by atoms with Crippen molar-refractivity contribution in [2.24, 2.45) is 10.1 Å². The molecule has 1 aromatic heterocycles. The maximum Gasteiger partial charge on any atom is 0.154 e. The van der Waals surface area contributed by atoms with E-state index in [-0.39, 0.29) is 0 Å². The zero-order valence-corrected chi connectivity index (χ0v) is 16.9. The van der Waals surface area contributed by atoms with Gasteiger partial charge in [-0.05, 0) is 47.2 Å². The molecule has 1 aliphatic rings. The quantitative estimate of drug-likeness (QED) is 0.545. The second-order valence-corrected chi connectivity index (χ2v) is 8.31. The molecule has 2 heterocycles. The molecule has 0 saturated carbocycles. The van der Waals surface area contributed by atoms with Gasteiger partial charge in [-0.1, -0.05) is 54.0 Å². The smallest absolute Gasteiger partial charge is 0.154 e. The van der Waals surface area contributed by atoms with Crippen LogP contribution >= 0.6 is 27.3 Å². The summed E-state index contributed by atoms with van der Waals surface area (Å²) in [5.74, 6) is 1.21. The Morgan fingerprint density at radius 2 is 1.85 bits per heavy atom. The van der Waals surface area contributed by atoms with Crippen molar-refractivity contribution in [1.82, 2.24) is 5.43 Å². The van der Waals surface area contributed by atoms with E-state index in [2.05, 4.69) is 70.9 Å². The summed E-state index contributed by atoms with van der Waals surface area (Å²) < 4.78 is 1.04. The van der Waals surface area contributed by atoms with Crippen LogP contribution in [-0.4, -0.2) is 11.5 Å². The molecule has 0 saturated heterocycles. The molecule has 0 aliphatic carbocycles. The van der Waals surface area contributed by atoms with E-state index >= 15 is 0 Å². The Hall–Kier alpha value is -2.24. The fraction of sp³-hybridized carbons (Fsp3) is 0.143. The Labute approximate surface area is 165 Å². The highest BCUT2D eigenvalue weighted by Gasteiger charge is 2.19. The Balaban J connectivity index is 1.87. The number of hydrazone groups is 1. The lowest BCUT2D eigenvalue weighted by atomic mass is 9.97. The van der Waals surface area contributed by atoms with Crippen LogP contribution in [-0.2, 0) is 0 Å². The van der Waals surface area contributed by atoms with Crippen LogP contribution in [0.3, 0.4) is 0 Å². The van der Waals surface area contributed by atoms with Crippen LogP contribution < -0.4 is 5.43 Å². The second kappa shape index (κ2) is 7.17. The molecule has 26 heavy (non-hydrogen) atoms. The number of aliphatic imine (C=N–C) groups is 1. The van der Waals surface area contributed by atoms with Crippen molar-refractivity contribution in [2.75, 3.05) is 0 Å². The van der Waals surface area contributed by atoms with E-state index in [1.54, 1.807) is 11.3 Å². The summed E-state index contributed by atoms with van der Waals surface area (Å²) in [5.41, 5.74) is 8.41. The third-order valence-corrected chi connectivity index (χ3v) is 5.73. The highest BCUT2D eigenvalue weighted by molar-refractivity contribution is 9.10. The van der Waals surface area contributed by atoms with Crippen molar-refractivity contribution in [3.05, 3.63) is 86.0 Å². The molecule has 0 fully saturated rings. The number of hydrogen-bond acceptors (Lipinski definition) is 4. The Morgan fingerprint density at radius 3 is 2.54 bits per heavy atom. The first-order valence-corrected chi connectivity index (χ1v) is 10.2. The van der Waals surface area contributed by atoms with Gasteiger partial charge in [0, 0.05) is 15.6 Å². The summed E-state index contributed by atoms with van der Waals surface area (Å²) in [4.78, 5) is 6.01. The molecule has 0 spiro atoms. The van der Waals surface area contributed by atoms with Gasteiger partial charge in [-0.25, -0.2) is 4.99 Å². The van der Waals surface area contributed by atoms with Crippen molar-refractivity contribution in [2.45, 2.75) is 19.8 Å². The van der Waals surface area contributed by atoms with E-state index in [0.29, 0.717) is 5.92 Å². The normalized spacial score (nSPS) is 13.5. The lowest BCUT2D eigenvalue weighted by Crippen LogP contribution is -2.19. The second-order valence-electron chi connectivity index (χ2n) is 6.45. The molecule has 0 unspecified atom stereocenters. The minimum atomic E-state index is 0.455. The number of nitrogens with zero attached hydrogens (tertiary/aromatic N) is 2. The molecule has 3 aromatic rings. The van der Waals surface area contributed by atoms with E-state index in [0.717, 1.165) is 37.7 Å². The van der Waals surface area contributed by atoms with Gasteiger partial charge in [-0.3, -0.25) is 5.43 Å². The molecule has 5 heteroatoms. The van der Waals surface area contributed by atoms with Crippen LogP contribution in [0.5, 0.6) is 0 Å². The molecule has 0 bridgehead atoms. The predicted octanol–water partition coefficient (Wildman–Crippen LogP) is 6.07. The molecule has 0 radical (unpaired) electrons. The van der Waals surface area contributed by atoms with Crippen molar-refractivity contribution in [1.29, 1.82) is 0 Å². The topological polar surface area (TPSA) is 36.8 Å². The maximum absolute atomic E-state index is 4.88. The lowest BCUT2D eigenvalue weighted by Gasteiger charge is -2.11. The molecule has 130 valence electrons. The molecule has 0 atom stereocenters. The van der Waals surface area contributed by atoms with E-state index in [1.807, 2.05) is 24.3 Å². The highest BCUT2D eigenvalue weighted by Crippen LogP contribution is 2.30. The van der Waals surface area contributed by atoms with Crippen LogP contribution in [0.25, 0.3) is 0 Å². The number of nitrogens with one attached hydrogen (secondary N) is 1. The minimum absolute atomic E-state index is 0.455. The summed E-state index contributed by atoms with van der Waals surface area (Å²) in [6.07, 6.45) is 0. The molecule has 2 aromatic carbocycles. The van der Waals surface area contributed by atoms with Gasteiger partial charge in [0.25, 0.3) is 0 Å². The third-order valence-electron chi connectivity index (χ3n) is 4.32. The number of amidine groups is 1. The van der Waals surface area contributed by atoms with Crippen molar-refractivity contribution < 1.29 is 0 Å². The SMILES string of the molecule is CC(C)c1ccc2c(c1)C(c1cccs1)=NNC(c1ccc(Br)cc1)=N2. The average molecular weight is 424 g/mol. The Bertz CT molecular complexity index is 987. The van der Waals surface area contributed by atoms with E-state index in [1.165, 1.54) is 5.56 Å². The van der Waals surface area contributed by atoms with Crippen LogP contribution in [0, 0.1) is 0 Å². The third kappa shape index (κ3) is 3.37. The standard InChI is InChI=1S/C21H18BrN3S/c1-13(2)15-7-10-18-17(12-15)20(19-4-3-11-26-19)24-25-21(23-18)14-5-8-16(22)9-6-14/h3-13H,1-2H3,(H,23,25). The van der Waals surface area contributed by atoms with Gasteiger partial charge in [0.2, 0.25) is 0 Å². The number of hydrogen-bond donors (Lipinski definition) is 1. The largest absolute Gasteiger partial charge is 0.260 e. The molecule has 1 aliphatic heterocycles. The maximum atomic E-state index is 4.88. The zero-order valence-electron chi connectivity index (χ0n) is 14.5. The molecule has 1 N–H and O–H groups in total. The van der Waals surface area contributed by atoms with Crippen molar-refractivity contribution in [3.63, 3.8) is 0 Å². The van der Waals surface area contributed by atoms with Gasteiger partial charge in [0.1, 0.15) is 5.71 Å². The summed E-state index contributed by atoms with van der Waals surface area (Å²) in [6, 6.07) is 18.7. The first-order valence-electron chi connectivity index (χ1n) is 8.48. The predicted molar refractivity (Wildman–Crippen MR) is 114 cm³/mol. The molecule has 4 rings (SSSR count). The summed E-state index contributed by atoms with van der Waals surface area (Å²) in [6.45, 7) is 4.41. The van der Waals surface area contributed by atoms with Gasteiger partial charge in [-0.15, -0.1) is 11.3 Å². The van der Waals surface area contributed by atoms with Crippen molar-refractivity contribution >= 4 is 44.5 Å². The summed E-state index contributed by atoms with van der Waals surface area (Å²) in [7, 11) is 0. The zero-order chi connectivity index (χ0) is 18.1. The Kier molecular flexibility index (Phi) is 4.74. The van der Waals surface area contributed by atoms with Crippen LogP contribution in [0.2, 0.25) is 0 Å². The highest BCUT2D eigenvalue weighted by atomic mass is 79.9. The van der Waals surface area contributed by atoms with Gasteiger partial charge in [0.05, 0.1) is 10.6 Å². The minimum Gasteiger partial charge on any atom is -0.260 e. The van der Waals surface area contributed by atoms with Crippen molar-refractivity contribution in [3.8, 4) is 0 Å². The first-order chi connectivity index (χ1) is 12.6. The number of rotatable bonds is 3. The number of halogens is 1. The van der Waals surface area contributed by atoms with Crippen LogP contribution in [0.4, 0.5) is 5.69 Å². The monoisotopic (exact) mass is 423 g/mol.